The number of aromatic nitrogens is 1. The lowest BCUT2D eigenvalue weighted by Gasteiger charge is -2.30. The second-order valence-corrected chi connectivity index (χ2v) is 4.71. The summed E-state index contributed by atoms with van der Waals surface area (Å²) in [5, 5.41) is 10.4. The van der Waals surface area contributed by atoms with Crippen molar-refractivity contribution < 1.29 is 5.11 Å². The molecule has 0 spiro atoms. The molecule has 0 saturated carbocycles. The van der Waals surface area contributed by atoms with Crippen LogP contribution in [0, 0.1) is 5.92 Å². The van der Waals surface area contributed by atoms with Crippen LogP contribution in [0.1, 0.15) is 32.9 Å². The fourth-order valence-corrected chi connectivity index (χ4v) is 1.75. The van der Waals surface area contributed by atoms with Crippen molar-refractivity contribution in [2.75, 3.05) is 0 Å². The minimum atomic E-state index is -0.805. The minimum Gasteiger partial charge on any atom is -0.383 e. The fourth-order valence-electron chi connectivity index (χ4n) is 1.52. The first-order valence-electron chi connectivity index (χ1n) is 4.85. The van der Waals surface area contributed by atoms with Crippen molar-refractivity contribution >= 4 is 15.9 Å². The molecule has 2 nitrogen and oxygen atoms in total. The van der Waals surface area contributed by atoms with E-state index in [1.165, 1.54) is 0 Å². The molecule has 14 heavy (non-hydrogen) atoms. The molecule has 3 heteroatoms. The van der Waals surface area contributed by atoms with Crippen LogP contribution in [0.5, 0.6) is 0 Å². The van der Waals surface area contributed by atoms with Crippen molar-refractivity contribution in [1.29, 1.82) is 0 Å². The van der Waals surface area contributed by atoms with Crippen LogP contribution in [0.15, 0.2) is 22.8 Å². The summed E-state index contributed by atoms with van der Waals surface area (Å²) in [5.41, 5.74) is -0.0565. The van der Waals surface area contributed by atoms with Gasteiger partial charge in [-0.1, -0.05) is 20.8 Å². The zero-order valence-electron chi connectivity index (χ0n) is 8.79. The summed E-state index contributed by atoms with van der Waals surface area (Å²) in [6.45, 7) is 5.99. The predicted octanol–water partition coefficient (Wildman–Crippen LogP) is 3.10. The third kappa shape index (κ3) is 2.15. The van der Waals surface area contributed by atoms with Gasteiger partial charge in [0.15, 0.2) is 0 Å². The Kier molecular flexibility index (Phi) is 3.67. The minimum absolute atomic E-state index is 0.168. The van der Waals surface area contributed by atoms with Gasteiger partial charge in [-0.2, -0.15) is 0 Å². The van der Waals surface area contributed by atoms with E-state index in [1.807, 2.05) is 32.9 Å². The van der Waals surface area contributed by atoms with Crippen LogP contribution in [-0.4, -0.2) is 10.1 Å². The van der Waals surface area contributed by atoms with E-state index in [0.717, 1.165) is 10.2 Å². The van der Waals surface area contributed by atoms with Crippen LogP contribution in [-0.2, 0) is 5.60 Å². The highest BCUT2D eigenvalue weighted by atomic mass is 79.9. The molecule has 78 valence electrons. The van der Waals surface area contributed by atoms with Crippen molar-refractivity contribution in [3.63, 3.8) is 0 Å². The Morgan fingerprint density at radius 2 is 2.14 bits per heavy atom. The Labute approximate surface area is 93.5 Å². The van der Waals surface area contributed by atoms with E-state index < -0.39 is 5.60 Å². The van der Waals surface area contributed by atoms with Gasteiger partial charge < -0.3 is 5.11 Å². The van der Waals surface area contributed by atoms with Gasteiger partial charge in [0, 0.05) is 10.7 Å². The average Bonchev–Trinajstić information content (AvgIpc) is 2.17. The first-order valence-corrected chi connectivity index (χ1v) is 5.64. The van der Waals surface area contributed by atoms with Crippen molar-refractivity contribution in [2.24, 2.45) is 5.92 Å². The third-order valence-electron chi connectivity index (χ3n) is 2.67. The smallest absolute Gasteiger partial charge is 0.108 e. The summed E-state index contributed by atoms with van der Waals surface area (Å²) in [6.07, 6.45) is 2.40. The summed E-state index contributed by atoms with van der Waals surface area (Å²) < 4.78 is 0.934. The van der Waals surface area contributed by atoms with Crippen LogP contribution < -0.4 is 0 Å². The highest BCUT2D eigenvalue weighted by Gasteiger charge is 2.32. The summed E-state index contributed by atoms with van der Waals surface area (Å²) >= 11 is 3.33. The molecule has 0 aliphatic heterocycles. The number of hydrogen-bond donors (Lipinski definition) is 1. The van der Waals surface area contributed by atoms with E-state index in [1.54, 1.807) is 6.20 Å². The van der Waals surface area contributed by atoms with Crippen LogP contribution >= 0.6 is 15.9 Å². The summed E-state index contributed by atoms with van der Waals surface area (Å²) in [7, 11) is 0. The maximum atomic E-state index is 10.4. The first-order chi connectivity index (χ1) is 6.50. The maximum Gasteiger partial charge on any atom is 0.108 e. The number of nitrogens with zero attached hydrogens (tertiary/aromatic N) is 1. The molecule has 1 N–H and O–H groups in total. The van der Waals surface area contributed by atoms with Crippen LogP contribution in [0.25, 0.3) is 0 Å². The highest BCUT2D eigenvalue weighted by molar-refractivity contribution is 9.10. The molecule has 0 aliphatic rings. The van der Waals surface area contributed by atoms with Crippen LogP contribution in [0.3, 0.4) is 0 Å². The number of hydrogen-bond acceptors (Lipinski definition) is 2. The molecule has 0 fully saturated rings. The molecule has 1 atom stereocenters. The molecular formula is C11H16BrNO. The Balaban J connectivity index is 3.06. The number of aliphatic hydroxyl groups is 1. The van der Waals surface area contributed by atoms with E-state index >= 15 is 0 Å². The van der Waals surface area contributed by atoms with E-state index in [-0.39, 0.29) is 5.92 Å². The molecular weight excluding hydrogens is 242 g/mol. The largest absolute Gasteiger partial charge is 0.383 e. The number of halogens is 1. The number of pyridine rings is 1. The van der Waals surface area contributed by atoms with Crippen molar-refractivity contribution in [3.05, 3.63) is 28.5 Å². The van der Waals surface area contributed by atoms with Gasteiger partial charge in [-0.25, -0.2) is 0 Å². The topological polar surface area (TPSA) is 33.1 Å². The van der Waals surface area contributed by atoms with Gasteiger partial charge in [0.25, 0.3) is 0 Å². The van der Waals surface area contributed by atoms with E-state index in [4.69, 9.17) is 0 Å². The fraction of sp³-hybridized carbons (Fsp3) is 0.545. The Bertz CT molecular complexity index is 297. The Morgan fingerprint density at radius 3 is 2.50 bits per heavy atom. The normalized spacial score (nSPS) is 15.6. The third-order valence-corrected chi connectivity index (χ3v) is 3.13. The van der Waals surface area contributed by atoms with Crippen molar-refractivity contribution in [1.82, 2.24) is 4.98 Å². The van der Waals surface area contributed by atoms with Crippen LogP contribution in [0.2, 0.25) is 0 Å². The highest BCUT2D eigenvalue weighted by Crippen LogP contribution is 2.31. The van der Waals surface area contributed by atoms with E-state index in [0.29, 0.717) is 6.42 Å². The second kappa shape index (κ2) is 4.41. The summed E-state index contributed by atoms with van der Waals surface area (Å²) in [6, 6.07) is 3.78. The summed E-state index contributed by atoms with van der Waals surface area (Å²) in [4.78, 5) is 4.25. The molecule has 0 aliphatic carbocycles. The van der Waals surface area contributed by atoms with Gasteiger partial charge in [-0.15, -0.1) is 0 Å². The second-order valence-electron chi connectivity index (χ2n) is 3.79. The molecule has 0 bridgehead atoms. The van der Waals surface area contributed by atoms with E-state index in [9.17, 15) is 5.11 Å². The molecule has 0 radical (unpaired) electrons. The quantitative estimate of drug-likeness (QED) is 0.903. The summed E-state index contributed by atoms with van der Waals surface area (Å²) in [5.74, 6) is 0.168. The molecule has 0 amide bonds. The lowest BCUT2D eigenvalue weighted by atomic mass is 9.84. The lowest BCUT2D eigenvalue weighted by Crippen LogP contribution is -2.32. The molecule has 1 aromatic heterocycles. The average molecular weight is 258 g/mol. The van der Waals surface area contributed by atoms with Gasteiger partial charge in [-0.3, -0.25) is 4.98 Å². The van der Waals surface area contributed by atoms with Crippen molar-refractivity contribution in [2.45, 2.75) is 32.8 Å². The Morgan fingerprint density at radius 1 is 1.50 bits per heavy atom. The molecule has 1 unspecified atom stereocenters. The molecule has 0 saturated heterocycles. The van der Waals surface area contributed by atoms with E-state index in [2.05, 4.69) is 20.9 Å². The van der Waals surface area contributed by atoms with Crippen molar-refractivity contribution in [3.8, 4) is 0 Å². The van der Waals surface area contributed by atoms with Gasteiger partial charge in [-0.05, 0) is 40.4 Å². The van der Waals surface area contributed by atoms with Gasteiger partial charge in [0.05, 0.1) is 5.69 Å². The first kappa shape index (κ1) is 11.7. The Hall–Kier alpha value is -0.410. The monoisotopic (exact) mass is 257 g/mol. The number of rotatable bonds is 3. The molecule has 1 rings (SSSR count). The SMILES string of the molecule is CCC(O)(c1ccc(Br)cn1)C(C)C. The van der Waals surface area contributed by atoms with Gasteiger partial charge >= 0.3 is 0 Å². The van der Waals surface area contributed by atoms with Gasteiger partial charge in [0.2, 0.25) is 0 Å². The molecule has 0 aromatic carbocycles. The lowest BCUT2D eigenvalue weighted by molar-refractivity contribution is -0.0180. The molecule has 1 heterocycles. The predicted molar refractivity (Wildman–Crippen MR) is 61.0 cm³/mol. The van der Waals surface area contributed by atoms with Crippen LogP contribution in [0.4, 0.5) is 0 Å². The molecule has 1 aromatic rings. The zero-order chi connectivity index (χ0) is 10.8. The maximum absolute atomic E-state index is 10.4. The zero-order valence-corrected chi connectivity index (χ0v) is 10.4. The van der Waals surface area contributed by atoms with Gasteiger partial charge in [0.1, 0.15) is 5.60 Å². The standard InChI is InChI=1S/C11H16BrNO/c1-4-11(14,8(2)3)10-6-5-9(12)7-13-10/h5-8,14H,4H2,1-3H3.